The van der Waals surface area contributed by atoms with Gasteiger partial charge in [0.05, 0.1) is 10.6 Å². The molecule has 1 fully saturated rings. The SMILES string of the molecule is Cc1noc(C(C)NC(=O)C2CCN(c3ncc(C(F)(F)F)cc3Cl)CC2)n1. The van der Waals surface area contributed by atoms with E-state index in [1.165, 1.54) is 0 Å². The van der Waals surface area contributed by atoms with E-state index in [1.807, 2.05) is 0 Å². The molecule has 0 radical (unpaired) electrons. The summed E-state index contributed by atoms with van der Waals surface area (Å²) in [6.07, 6.45) is -2.66. The van der Waals surface area contributed by atoms with Gasteiger partial charge in [-0.05, 0) is 32.8 Å². The van der Waals surface area contributed by atoms with Crippen LogP contribution in [0.4, 0.5) is 19.0 Å². The van der Waals surface area contributed by atoms with Crippen LogP contribution in [0, 0.1) is 12.8 Å². The Balaban J connectivity index is 1.57. The predicted molar refractivity (Wildman–Crippen MR) is 94.8 cm³/mol. The molecule has 11 heteroatoms. The first-order chi connectivity index (χ1) is 13.1. The number of alkyl halides is 3. The first-order valence-corrected chi connectivity index (χ1v) is 9.11. The highest BCUT2D eigenvalue weighted by atomic mass is 35.5. The second-order valence-electron chi connectivity index (χ2n) is 6.70. The van der Waals surface area contributed by atoms with Crippen molar-refractivity contribution in [1.82, 2.24) is 20.4 Å². The van der Waals surface area contributed by atoms with Crippen LogP contribution in [0.3, 0.4) is 0 Å². The van der Waals surface area contributed by atoms with Crippen molar-refractivity contribution in [2.45, 2.75) is 38.9 Å². The molecule has 1 aliphatic heterocycles. The van der Waals surface area contributed by atoms with Crippen LogP contribution >= 0.6 is 11.6 Å². The number of nitrogens with one attached hydrogen (secondary N) is 1. The number of carbonyl (C=O) groups is 1. The minimum absolute atomic E-state index is 0.0573. The quantitative estimate of drug-likeness (QED) is 0.819. The number of aromatic nitrogens is 3. The maximum atomic E-state index is 12.7. The summed E-state index contributed by atoms with van der Waals surface area (Å²) >= 11 is 6.00. The van der Waals surface area contributed by atoms with E-state index in [2.05, 4.69) is 20.4 Å². The van der Waals surface area contributed by atoms with Crippen LogP contribution in [0.25, 0.3) is 0 Å². The van der Waals surface area contributed by atoms with Gasteiger partial charge in [0.25, 0.3) is 0 Å². The summed E-state index contributed by atoms with van der Waals surface area (Å²) < 4.78 is 43.3. The Kier molecular flexibility index (Phi) is 5.78. The van der Waals surface area contributed by atoms with E-state index >= 15 is 0 Å². The lowest BCUT2D eigenvalue weighted by atomic mass is 9.95. The molecule has 1 atom stereocenters. The topological polar surface area (TPSA) is 84.2 Å². The average molecular weight is 418 g/mol. The normalized spacial score (nSPS) is 16.9. The van der Waals surface area contributed by atoms with Gasteiger partial charge in [0.15, 0.2) is 5.82 Å². The summed E-state index contributed by atoms with van der Waals surface area (Å²) in [5.41, 5.74) is -0.888. The van der Waals surface area contributed by atoms with E-state index in [1.54, 1.807) is 18.7 Å². The maximum Gasteiger partial charge on any atom is 0.417 e. The second-order valence-corrected chi connectivity index (χ2v) is 7.11. The van der Waals surface area contributed by atoms with Crippen molar-refractivity contribution in [3.05, 3.63) is 34.6 Å². The van der Waals surface area contributed by atoms with Crippen molar-refractivity contribution in [3.63, 3.8) is 0 Å². The van der Waals surface area contributed by atoms with Crippen molar-refractivity contribution in [2.75, 3.05) is 18.0 Å². The Bertz CT molecular complexity index is 850. The highest BCUT2D eigenvalue weighted by Crippen LogP contribution is 2.34. The standard InChI is InChI=1S/C17H19ClF3N5O2/c1-9(16-24-10(2)25-28-16)23-15(27)11-3-5-26(6-4-11)14-13(18)7-12(8-22-14)17(19,20)21/h7-9,11H,3-6H2,1-2H3,(H,23,27). The lowest BCUT2D eigenvalue weighted by Gasteiger charge is -2.33. The molecule has 0 saturated carbocycles. The fraction of sp³-hybridized carbons (Fsp3) is 0.529. The van der Waals surface area contributed by atoms with Gasteiger partial charge < -0.3 is 14.7 Å². The third kappa shape index (κ3) is 4.54. The Labute approximate surface area is 164 Å². The van der Waals surface area contributed by atoms with Crippen LogP contribution in [-0.4, -0.2) is 34.1 Å². The number of pyridine rings is 1. The van der Waals surface area contributed by atoms with Crippen LogP contribution in [-0.2, 0) is 11.0 Å². The summed E-state index contributed by atoms with van der Waals surface area (Å²) in [5.74, 6) is 0.767. The molecule has 3 heterocycles. The van der Waals surface area contributed by atoms with Crippen molar-refractivity contribution >= 4 is 23.3 Å². The van der Waals surface area contributed by atoms with E-state index in [0.29, 0.717) is 43.5 Å². The van der Waals surface area contributed by atoms with E-state index in [9.17, 15) is 18.0 Å². The van der Waals surface area contributed by atoms with E-state index in [4.69, 9.17) is 16.1 Å². The molecule has 3 rings (SSSR count). The molecule has 2 aromatic heterocycles. The third-order valence-corrected chi connectivity index (χ3v) is 4.86. The smallest absolute Gasteiger partial charge is 0.355 e. The average Bonchev–Trinajstić information content (AvgIpc) is 3.07. The number of carbonyl (C=O) groups excluding carboxylic acids is 1. The van der Waals surface area contributed by atoms with Gasteiger partial charge in [0.2, 0.25) is 11.8 Å². The zero-order valence-corrected chi connectivity index (χ0v) is 16.0. The van der Waals surface area contributed by atoms with Gasteiger partial charge in [-0.3, -0.25) is 4.79 Å². The van der Waals surface area contributed by atoms with Crippen molar-refractivity contribution in [3.8, 4) is 0 Å². The van der Waals surface area contributed by atoms with E-state index in [0.717, 1.165) is 12.3 Å². The lowest BCUT2D eigenvalue weighted by molar-refractivity contribution is -0.137. The molecule has 1 amide bonds. The molecular weight excluding hydrogens is 399 g/mol. The number of piperidine rings is 1. The number of nitrogens with zero attached hydrogens (tertiary/aromatic N) is 4. The molecule has 1 saturated heterocycles. The zero-order chi connectivity index (χ0) is 20.5. The van der Waals surface area contributed by atoms with Gasteiger partial charge >= 0.3 is 6.18 Å². The molecule has 1 aliphatic rings. The Hall–Kier alpha value is -2.36. The van der Waals surface area contributed by atoms with Crippen LogP contribution < -0.4 is 10.2 Å². The monoisotopic (exact) mass is 417 g/mol. The minimum atomic E-state index is -4.49. The van der Waals surface area contributed by atoms with Gasteiger partial charge in [0, 0.05) is 25.2 Å². The summed E-state index contributed by atoms with van der Waals surface area (Å²) in [6, 6.07) is 0.467. The van der Waals surface area contributed by atoms with Gasteiger partial charge in [0.1, 0.15) is 11.9 Å². The van der Waals surface area contributed by atoms with Crippen molar-refractivity contribution in [2.24, 2.45) is 5.92 Å². The number of rotatable bonds is 4. The first-order valence-electron chi connectivity index (χ1n) is 8.73. The number of anilines is 1. The summed E-state index contributed by atoms with van der Waals surface area (Å²) in [4.78, 5) is 22.2. The molecule has 152 valence electrons. The molecule has 0 spiro atoms. The number of hydrogen-bond donors (Lipinski definition) is 1. The number of amides is 1. The Morgan fingerprint density at radius 3 is 2.61 bits per heavy atom. The van der Waals surface area contributed by atoms with Crippen molar-refractivity contribution in [1.29, 1.82) is 0 Å². The molecule has 0 aliphatic carbocycles. The first kappa shape index (κ1) is 20.4. The van der Waals surface area contributed by atoms with Crippen LogP contribution in [0.1, 0.15) is 43.1 Å². The molecule has 2 aromatic rings. The zero-order valence-electron chi connectivity index (χ0n) is 15.3. The largest absolute Gasteiger partial charge is 0.417 e. The van der Waals surface area contributed by atoms with Gasteiger partial charge in [-0.2, -0.15) is 18.2 Å². The molecule has 1 unspecified atom stereocenters. The van der Waals surface area contributed by atoms with Crippen molar-refractivity contribution < 1.29 is 22.5 Å². The summed E-state index contributed by atoms with van der Waals surface area (Å²) in [7, 11) is 0. The molecule has 28 heavy (non-hydrogen) atoms. The molecular formula is C17H19ClF3N5O2. The highest BCUT2D eigenvalue weighted by Gasteiger charge is 2.33. The molecule has 1 N–H and O–H groups in total. The maximum absolute atomic E-state index is 12.7. The number of aryl methyl sites for hydroxylation is 1. The minimum Gasteiger partial charge on any atom is -0.355 e. The fourth-order valence-electron chi connectivity index (χ4n) is 3.05. The fourth-order valence-corrected chi connectivity index (χ4v) is 3.34. The highest BCUT2D eigenvalue weighted by molar-refractivity contribution is 6.33. The van der Waals surface area contributed by atoms with Crippen LogP contribution in [0.5, 0.6) is 0 Å². The molecule has 7 nitrogen and oxygen atoms in total. The second kappa shape index (κ2) is 7.94. The molecule has 0 bridgehead atoms. The number of hydrogen-bond acceptors (Lipinski definition) is 6. The van der Waals surface area contributed by atoms with E-state index in [-0.39, 0.29) is 16.8 Å². The Morgan fingerprint density at radius 2 is 2.07 bits per heavy atom. The van der Waals surface area contributed by atoms with Gasteiger partial charge in [-0.1, -0.05) is 16.8 Å². The van der Waals surface area contributed by atoms with Crippen LogP contribution in [0.15, 0.2) is 16.8 Å². The summed E-state index contributed by atoms with van der Waals surface area (Å²) in [5, 5.41) is 6.49. The van der Waals surface area contributed by atoms with Crippen LogP contribution in [0.2, 0.25) is 5.02 Å². The summed E-state index contributed by atoms with van der Waals surface area (Å²) in [6.45, 7) is 4.37. The van der Waals surface area contributed by atoms with E-state index < -0.39 is 17.8 Å². The third-order valence-electron chi connectivity index (χ3n) is 4.59. The predicted octanol–water partition coefficient (Wildman–Crippen LogP) is 3.54. The number of halogens is 4. The lowest BCUT2D eigenvalue weighted by Crippen LogP contribution is -2.41. The van der Waals surface area contributed by atoms with Gasteiger partial charge in [-0.25, -0.2) is 4.98 Å². The Morgan fingerprint density at radius 1 is 1.39 bits per heavy atom. The molecule has 0 aromatic carbocycles. The van der Waals surface area contributed by atoms with Gasteiger partial charge in [-0.15, -0.1) is 0 Å².